The Balaban J connectivity index is 2.35. The standard InChI is InChI=1S/C13H16N2O5/c1-14(8-9-4-3-7-20-9)12-10(13(16)17)5-2-6-11(12)15(18)19/h2,5-6,9H,3-4,7-8H2,1H3,(H,16,17). The number of anilines is 1. The van der Waals surface area contributed by atoms with E-state index in [1.807, 2.05) is 0 Å². The first-order chi connectivity index (χ1) is 9.50. The van der Waals surface area contributed by atoms with E-state index < -0.39 is 10.9 Å². The zero-order chi connectivity index (χ0) is 14.7. The monoisotopic (exact) mass is 280 g/mol. The van der Waals surface area contributed by atoms with E-state index in [9.17, 15) is 20.0 Å². The fraction of sp³-hybridized carbons (Fsp3) is 0.462. The number of likely N-dealkylation sites (N-methyl/N-ethyl adjacent to an activating group) is 1. The highest BCUT2D eigenvalue weighted by molar-refractivity contribution is 5.97. The van der Waals surface area contributed by atoms with Gasteiger partial charge < -0.3 is 14.7 Å². The number of nitrogens with zero attached hydrogens (tertiary/aromatic N) is 2. The summed E-state index contributed by atoms with van der Waals surface area (Å²) in [6.07, 6.45) is 1.83. The Morgan fingerprint density at radius 2 is 2.35 bits per heavy atom. The number of rotatable bonds is 5. The van der Waals surface area contributed by atoms with Crippen LogP contribution in [0.3, 0.4) is 0 Å². The highest BCUT2D eigenvalue weighted by Gasteiger charge is 2.27. The number of nitro benzene ring substituents is 1. The number of benzene rings is 1. The largest absolute Gasteiger partial charge is 0.478 e. The number of ether oxygens (including phenoxy) is 1. The number of hydrogen-bond acceptors (Lipinski definition) is 5. The molecule has 0 aliphatic carbocycles. The zero-order valence-corrected chi connectivity index (χ0v) is 11.1. The summed E-state index contributed by atoms with van der Waals surface area (Å²) in [7, 11) is 1.65. The first kappa shape index (κ1) is 14.3. The number of nitro groups is 1. The summed E-state index contributed by atoms with van der Waals surface area (Å²) in [5, 5.41) is 20.3. The summed E-state index contributed by atoms with van der Waals surface area (Å²) in [6.45, 7) is 1.12. The van der Waals surface area contributed by atoms with Crippen LogP contribution in [0.25, 0.3) is 0 Å². The van der Waals surface area contributed by atoms with E-state index in [0.29, 0.717) is 13.2 Å². The molecule has 1 aromatic rings. The van der Waals surface area contributed by atoms with Crippen LogP contribution in [-0.2, 0) is 4.74 Å². The third-order valence-corrected chi connectivity index (χ3v) is 3.33. The molecule has 108 valence electrons. The van der Waals surface area contributed by atoms with E-state index in [1.165, 1.54) is 18.2 Å². The van der Waals surface area contributed by atoms with Crippen molar-refractivity contribution < 1.29 is 19.6 Å². The molecule has 1 aromatic carbocycles. The predicted octanol–water partition coefficient (Wildman–Crippen LogP) is 1.91. The van der Waals surface area contributed by atoms with Crippen molar-refractivity contribution in [3.63, 3.8) is 0 Å². The summed E-state index contributed by atoms with van der Waals surface area (Å²) >= 11 is 0. The normalized spacial score (nSPS) is 17.9. The minimum Gasteiger partial charge on any atom is -0.478 e. The van der Waals surface area contributed by atoms with Crippen molar-refractivity contribution in [3.8, 4) is 0 Å². The molecule has 1 atom stereocenters. The van der Waals surface area contributed by atoms with Gasteiger partial charge in [-0.05, 0) is 18.9 Å². The van der Waals surface area contributed by atoms with Gasteiger partial charge in [0.05, 0.1) is 16.6 Å². The van der Waals surface area contributed by atoms with Gasteiger partial charge in [-0.1, -0.05) is 6.07 Å². The quantitative estimate of drug-likeness (QED) is 0.654. The van der Waals surface area contributed by atoms with Crippen LogP contribution in [0.2, 0.25) is 0 Å². The van der Waals surface area contributed by atoms with Crippen LogP contribution in [0.15, 0.2) is 18.2 Å². The van der Waals surface area contributed by atoms with Gasteiger partial charge >= 0.3 is 5.97 Å². The first-order valence-electron chi connectivity index (χ1n) is 6.34. The SMILES string of the molecule is CN(CC1CCCO1)c1c(C(=O)O)cccc1[N+](=O)[O-]. The van der Waals surface area contributed by atoms with Gasteiger partial charge in [-0.2, -0.15) is 0 Å². The van der Waals surface area contributed by atoms with E-state index in [0.717, 1.165) is 12.8 Å². The molecular formula is C13H16N2O5. The van der Waals surface area contributed by atoms with E-state index >= 15 is 0 Å². The molecule has 7 heteroatoms. The summed E-state index contributed by atoms with van der Waals surface area (Å²) in [4.78, 5) is 23.4. The Kier molecular flexibility index (Phi) is 4.19. The first-order valence-corrected chi connectivity index (χ1v) is 6.34. The maximum absolute atomic E-state index is 11.3. The molecule has 0 bridgehead atoms. The number of para-hydroxylation sites is 1. The van der Waals surface area contributed by atoms with Gasteiger partial charge in [0.1, 0.15) is 5.69 Å². The summed E-state index contributed by atoms with van der Waals surface area (Å²) in [5.41, 5.74) is -0.148. The number of aromatic carboxylic acids is 1. The summed E-state index contributed by atoms with van der Waals surface area (Å²) < 4.78 is 5.49. The smallest absolute Gasteiger partial charge is 0.338 e. The molecule has 1 unspecified atom stereocenters. The van der Waals surface area contributed by atoms with E-state index in [2.05, 4.69) is 0 Å². The molecule has 20 heavy (non-hydrogen) atoms. The molecule has 0 radical (unpaired) electrons. The van der Waals surface area contributed by atoms with Crippen molar-refractivity contribution in [2.24, 2.45) is 0 Å². The molecule has 7 nitrogen and oxygen atoms in total. The molecule has 1 saturated heterocycles. The molecule has 0 amide bonds. The van der Waals surface area contributed by atoms with Crippen LogP contribution in [0.4, 0.5) is 11.4 Å². The second-order valence-corrected chi connectivity index (χ2v) is 4.75. The summed E-state index contributed by atoms with van der Waals surface area (Å²) in [6, 6.07) is 4.06. The Morgan fingerprint density at radius 3 is 2.90 bits per heavy atom. The fourth-order valence-corrected chi connectivity index (χ4v) is 2.44. The molecule has 0 aromatic heterocycles. The van der Waals surface area contributed by atoms with Crippen LogP contribution in [-0.4, -0.2) is 42.3 Å². The van der Waals surface area contributed by atoms with Crippen molar-refractivity contribution in [2.75, 3.05) is 25.1 Å². The van der Waals surface area contributed by atoms with Crippen LogP contribution in [0.5, 0.6) is 0 Å². The van der Waals surface area contributed by atoms with Crippen molar-refractivity contribution in [1.29, 1.82) is 0 Å². The Hall–Kier alpha value is -2.15. The van der Waals surface area contributed by atoms with Crippen molar-refractivity contribution in [1.82, 2.24) is 0 Å². The number of carbonyl (C=O) groups is 1. The van der Waals surface area contributed by atoms with Gasteiger partial charge in [0.2, 0.25) is 0 Å². The van der Waals surface area contributed by atoms with E-state index in [1.54, 1.807) is 11.9 Å². The molecule has 1 aliphatic heterocycles. The molecular weight excluding hydrogens is 264 g/mol. The van der Waals surface area contributed by atoms with Gasteiger partial charge in [-0.3, -0.25) is 10.1 Å². The molecule has 1 fully saturated rings. The fourth-order valence-electron chi connectivity index (χ4n) is 2.44. The number of carboxylic acid groups (broad SMARTS) is 1. The number of carboxylic acids is 1. The lowest BCUT2D eigenvalue weighted by atomic mass is 10.1. The molecule has 1 heterocycles. The van der Waals surface area contributed by atoms with E-state index in [4.69, 9.17) is 4.74 Å². The lowest BCUT2D eigenvalue weighted by molar-refractivity contribution is -0.384. The van der Waals surface area contributed by atoms with Crippen LogP contribution in [0.1, 0.15) is 23.2 Å². The molecule has 0 spiro atoms. The van der Waals surface area contributed by atoms with Crippen molar-refractivity contribution in [2.45, 2.75) is 18.9 Å². The summed E-state index contributed by atoms with van der Waals surface area (Å²) in [5.74, 6) is -1.18. The van der Waals surface area contributed by atoms with Gasteiger partial charge in [0.15, 0.2) is 0 Å². The third kappa shape index (κ3) is 2.88. The van der Waals surface area contributed by atoms with Crippen molar-refractivity contribution >= 4 is 17.3 Å². The molecule has 1 N–H and O–H groups in total. The zero-order valence-electron chi connectivity index (χ0n) is 11.1. The number of hydrogen-bond donors (Lipinski definition) is 1. The second-order valence-electron chi connectivity index (χ2n) is 4.75. The average molecular weight is 280 g/mol. The van der Waals surface area contributed by atoms with Crippen LogP contribution in [0, 0.1) is 10.1 Å². The van der Waals surface area contributed by atoms with E-state index in [-0.39, 0.29) is 23.0 Å². The maximum atomic E-state index is 11.3. The highest BCUT2D eigenvalue weighted by Crippen LogP contribution is 2.32. The Morgan fingerprint density at radius 1 is 1.60 bits per heavy atom. The molecule has 2 rings (SSSR count). The molecule has 0 saturated carbocycles. The average Bonchev–Trinajstić information content (AvgIpc) is 2.90. The Labute approximate surface area is 115 Å². The predicted molar refractivity (Wildman–Crippen MR) is 72.3 cm³/mol. The minimum absolute atomic E-state index is 0.0125. The van der Waals surface area contributed by atoms with Crippen LogP contribution < -0.4 is 4.90 Å². The second kappa shape index (κ2) is 5.87. The third-order valence-electron chi connectivity index (χ3n) is 3.33. The maximum Gasteiger partial charge on any atom is 0.338 e. The highest BCUT2D eigenvalue weighted by atomic mass is 16.6. The van der Waals surface area contributed by atoms with Crippen LogP contribution >= 0.6 is 0 Å². The lowest BCUT2D eigenvalue weighted by Crippen LogP contribution is -2.30. The van der Waals surface area contributed by atoms with Gasteiger partial charge in [-0.15, -0.1) is 0 Å². The van der Waals surface area contributed by atoms with Gasteiger partial charge in [0.25, 0.3) is 5.69 Å². The Bertz CT molecular complexity index is 493. The molecule has 1 aliphatic rings. The van der Waals surface area contributed by atoms with Gasteiger partial charge in [0, 0.05) is 26.3 Å². The van der Waals surface area contributed by atoms with Crippen molar-refractivity contribution in [3.05, 3.63) is 33.9 Å². The topological polar surface area (TPSA) is 92.9 Å². The van der Waals surface area contributed by atoms with Gasteiger partial charge in [-0.25, -0.2) is 4.79 Å². The lowest BCUT2D eigenvalue weighted by Gasteiger charge is -2.23. The minimum atomic E-state index is -1.18.